The Morgan fingerprint density at radius 3 is 2.35 bits per heavy atom. The van der Waals surface area contributed by atoms with Crippen molar-refractivity contribution >= 4 is 32.7 Å². The Morgan fingerprint density at radius 2 is 1.71 bits per heavy atom. The molecule has 2 aromatic heterocycles. The Kier molecular flexibility index (Phi) is 6.41. The van der Waals surface area contributed by atoms with Gasteiger partial charge in [-0.2, -0.15) is 4.31 Å². The Hall–Kier alpha value is -3.31. The first-order chi connectivity index (χ1) is 16.1. The minimum Gasteiger partial charge on any atom is -0.321 e. The molecule has 1 aromatic carbocycles. The van der Waals surface area contributed by atoms with Crippen LogP contribution in [0.15, 0.2) is 51.0 Å². The Morgan fingerprint density at radius 1 is 1.06 bits per heavy atom. The molecule has 1 amide bonds. The van der Waals surface area contributed by atoms with Crippen LogP contribution in [0.25, 0.3) is 11.0 Å². The number of fused-ring (bicyclic) bond motifs is 1. The van der Waals surface area contributed by atoms with Crippen molar-refractivity contribution in [3.63, 3.8) is 0 Å². The summed E-state index contributed by atoms with van der Waals surface area (Å²) in [6, 6.07) is 7.21. The molecule has 1 fully saturated rings. The number of anilines is 1. The van der Waals surface area contributed by atoms with Gasteiger partial charge in [0.2, 0.25) is 10.0 Å². The molecule has 0 radical (unpaired) electrons. The number of aromatic nitrogens is 3. The lowest BCUT2D eigenvalue weighted by Crippen LogP contribution is -2.38. The number of benzene rings is 1. The second kappa shape index (κ2) is 9.15. The zero-order valence-corrected chi connectivity index (χ0v) is 20.1. The van der Waals surface area contributed by atoms with E-state index in [1.807, 2.05) is 0 Å². The van der Waals surface area contributed by atoms with Crippen molar-refractivity contribution in [2.75, 3.05) is 12.4 Å². The highest BCUT2D eigenvalue weighted by molar-refractivity contribution is 7.89. The molecule has 11 heteroatoms. The number of hydrogen-bond acceptors (Lipinski definition) is 6. The lowest BCUT2D eigenvalue weighted by molar-refractivity contribution is 0.102. The van der Waals surface area contributed by atoms with Crippen LogP contribution in [0.3, 0.4) is 0 Å². The first kappa shape index (κ1) is 23.8. The van der Waals surface area contributed by atoms with Crippen molar-refractivity contribution in [1.29, 1.82) is 0 Å². The van der Waals surface area contributed by atoms with Gasteiger partial charge >= 0.3 is 5.69 Å². The third-order valence-corrected chi connectivity index (χ3v) is 8.36. The van der Waals surface area contributed by atoms with Crippen molar-refractivity contribution < 1.29 is 13.2 Å². The van der Waals surface area contributed by atoms with Crippen molar-refractivity contribution in [2.24, 2.45) is 14.1 Å². The van der Waals surface area contributed by atoms with Crippen LogP contribution in [0.2, 0.25) is 0 Å². The van der Waals surface area contributed by atoms with Gasteiger partial charge in [0.1, 0.15) is 5.65 Å². The van der Waals surface area contributed by atoms with E-state index in [9.17, 15) is 22.8 Å². The van der Waals surface area contributed by atoms with Gasteiger partial charge in [-0.1, -0.05) is 19.3 Å². The number of carbonyl (C=O) groups is 1. The van der Waals surface area contributed by atoms with E-state index in [2.05, 4.69) is 10.3 Å². The van der Waals surface area contributed by atoms with Gasteiger partial charge in [0.15, 0.2) is 0 Å². The highest BCUT2D eigenvalue weighted by Gasteiger charge is 2.29. The van der Waals surface area contributed by atoms with Crippen molar-refractivity contribution in [3.05, 3.63) is 62.9 Å². The fraction of sp³-hybridized carbons (Fsp3) is 0.391. The van der Waals surface area contributed by atoms with E-state index < -0.39 is 27.2 Å². The van der Waals surface area contributed by atoms with Gasteiger partial charge in [-0.3, -0.25) is 18.7 Å². The molecule has 0 bridgehead atoms. The third kappa shape index (κ3) is 4.28. The maximum absolute atomic E-state index is 13.0. The van der Waals surface area contributed by atoms with Crippen LogP contribution in [0.5, 0.6) is 0 Å². The molecule has 180 valence electrons. The number of sulfonamides is 1. The first-order valence-corrected chi connectivity index (χ1v) is 12.5. The second-order valence-corrected chi connectivity index (χ2v) is 10.6. The zero-order chi connectivity index (χ0) is 24.6. The summed E-state index contributed by atoms with van der Waals surface area (Å²) in [6.07, 6.45) is 6.25. The van der Waals surface area contributed by atoms with Gasteiger partial charge in [-0.25, -0.2) is 18.2 Å². The van der Waals surface area contributed by atoms with E-state index >= 15 is 0 Å². The maximum Gasteiger partial charge on any atom is 0.332 e. The Bertz CT molecular complexity index is 1470. The van der Waals surface area contributed by atoms with Crippen LogP contribution in [0, 0.1) is 0 Å². The summed E-state index contributed by atoms with van der Waals surface area (Å²) in [4.78, 5) is 41.5. The van der Waals surface area contributed by atoms with Crippen LogP contribution in [-0.2, 0) is 24.1 Å². The van der Waals surface area contributed by atoms with E-state index in [4.69, 9.17) is 0 Å². The number of nitrogens with zero attached hydrogens (tertiary/aromatic N) is 4. The molecule has 0 aliphatic heterocycles. The molecular formula is C23H27N5O5S. The zero-order valence-electron chi connectivity index (χ0n) is 19.3. The van der Waals surface area contributed by atoms with Gasteiger partial charge in [-0.05, 0) is 43.2 Å². The van der Waals surface area contributed by atoms with E-state index in [-0.39, 0.29) is 33.2 Å². The highest BCUT2D eigenvalue weighted by atomic mass is 32.2. The molecule has 1 aliphatic rings. The maximum atomic E-state index is 13.0. The van der Waals surface area contributed by atoms with Gasteiger partial charge in [0.25, 0.3) is 11.5 Å². The predicted molar refractivity (Wildman–Crippen MR) is 128 cm³/mol. The number of hydrogen-bond donors (Lipinski definition) is 1. The van der Waals surface area contributed by atoms with Crippen molar-refractivity contribution in [3.8, 4) is 0 Å². The standard InChI is InChI=1S/C23H27N5O5S/c1-26-20-19(22(30)27(2)23(26)31)13-16(14-24-20)25-21(29)15-9-11-18(12-10-15)34(32,33)28(3)17-7-5-4-6-8-17/h9-14,17H,4-8H2,1-3H3,(H,25,29). The molecule has 0 unspecified atom stereocenters. The number of aryl methyl sites for hydroxylation is 1. The summed E-state index contributed by atoms with van der Waals surface area (Å²) in [5.74, 6) is -0.479. The topological polar surface area (TPSA) is 123 Å². The molecular weight excluding hydrogens is 458 g/mol. The average Bonchev–Trinajstić information content (AvgIpc) is 2.86. The number of nitrogens with one attached hydrogen (secondary N) is 1. The van der Waals surface area contributed by atoms with Crippen LogP contribution in [0.1, 0.15) is 42.5 Å². The highest BCUT2D eigenvalue weighted by Crippen LogP contribution is 2.26. The van der Waals surface area contributed by atoms with E-state index in [1.54, 1.807) is 7.05 Å². The van der Waals surface area contributed by atoms with Crippen LogP contribution >= 0.6 is 0 Å². The molecule has 2 heterocycles. The average molecular weight is 486 g/mol. The number of pyridine rings is 1. The second-order valence-electron chi connectivity index (χ2n) is 8.59. The first-order valence-electron chi connectivity index (χ1n) is 11.1. The van der Waals surface area contributed by atoms with E-state index in [0.29, 0.717) is 0 Å². The molecule has 4 rings (SSSR count). The number of amides is 1. The Balaban J connectivity index is 1.55. The normalized spacial score (nSPS) is 15.1. The van der Waals surface area contributed by atoms with Crippen LogP contribution in [-0.4, -0.2) is 45.8 Å². The quantitative estimate of drug-likeness (QED) is 0.588. The summed E-state index contributed by atoms with van der Waals surface area (Å²) < 4.78 is 29.7. The smallest absolute Gasteiger partial charge is 0.321 e. The fourth-order valence-corrected chi connectivity index (χ4v) is 5.74. The molecule has 1 N–H and O–H groups in total. The largest absolute Gasteiger partial charge is 0.332 e. The summed E-state index contributed by atoms with van der Waals surface area (Å²) in [7, 11) is 0.838. The summed E-state index contributed by atoms with van der Waals surface area (Å²) in [5, 5.41) is 2.86. The van der Waals surface area contributed by atoms with Crippen LogP contribution < -0.4 is 16.6 Å². The van der Waals surface area contributed by atoms with E-state index in [1.165, 1.54) is 59.5 Å². The summed E-state index contributed by atoms with van der Waals surface area (Å²) in [6.45, 7) is 0. The molecule has 1 aliphatic carbocycles. The van der Waals surface area contributed by atoms with Gasteiger partial charge in [-0.15, -0.1) is 0 Å². The monoisotopic (exact) mass is 485 g/mol. The molecule has 0 spiro atoms. The molecule has 0 atom stereocenters. The van der Waals surface area contributed by atoms with Gasteiger partial charge in [0.05, 0.1) is 22.2 Å². The summed E-state index contributed by atoms with van der Waals surface area (Å²) in [5.41, 5.74) is -0.262. The SMILES string of the molecule is CN(C1CCCCC1)S(=O)(=O)c1ccc(C(=O)Nc2cnc3c(c2)c(=O)n(C)c(=O)n3C)cc1. The predicted octanol–water partition coefficient (Wildman–Crippen LogP) is 1.84. The van der Waals surface area contributed by atoms with Crippen molar-refractivity contribution in [1.82, 2.24) is 18.4 Å². The van der Waals surface area contributed by atoms with Gasteiger partial charge in [0, 0.05) is 32.7 Å². The van der Waals surface area contributed by atoms with Crippen LogP contribution in [0.4, 0.5) is 5.69 Å². The lowest BCUT2D eigenvalue weighted by Gasteiger charge is -2.30. The molecule has 0 saturated heterocycles. The molecule has 10 nitrogen and oxygen atoms in total. The minimum absolute atomic E-state index is 0.00525. The molecule has 34 heavy (non-hydrogen) atoms. The number of carbonyl (C=O) groups excluding carboxylic acids is 1. The lowest BCUT2D eigenvalue weighted by atomic mass is 9.96. The third-order valence-electron chi connectivity index (χ3n) is 6.43. The number of rotatable bonds is 5. The van der Waals surface area contributed by atoms with Crippen molar-refractivity contribution in [2.45, 2.75) is 43.0 Å². The Labute approximate surface area is 196 Å². The molecule has 1 saturated carbocycles. The molecule has 3 aromatic rings. The van der Waals surface area contributed by atoms with Gasteiger partial charge < -0.3 is 5.32 Å². The fourth-order valence-electron chi connectivity index (χ4n) is 4.32. The summed E-state index contributed by atoms with van der Waals surface area (Å²) >= 11 is 0. The minimum atomic E-state index is -3.65. The van der Waals surface area contributed by atoms with E-state index in [0.717, 1.165) is 36.7 Å².